The third-order valence-corrected chi connectivity index (χ3v) is 21.1. The van der Waals surface area contributed by atoms with Gasteiger partial charge in [0.2, 0.25) is 12.1 Å². The molecule has 0 bridgehead atoms. The number of rotatable bonds is 19. The summed E-state index contributed by atoms with van der Waals surface area (Å²) in [5, 5.41) is 27.2. The summed E-state index contributed by atoms with van der Waals surface area (Å²) in [6.45, 7) is 30.0. The van der Waals surface area contributed by atoms with Crippen LogP contribution in [0.1, 0.15) is 92.2 Å². The third kappa shape index (κ3) is 34.2. The summed E-state index contributed by atoms with van der Waals surface area (Å²) in [7, 11) is -3.49. The maximum absolute atomic E-state index is 11.8. The fourth-order valence-corrected chi connectivity index (χ4v) is 15.0. The molecule has 0 spiro atoms. The van der Waals surface area contributed by atoms with Crippen molar-refractivity contribution in [2.45, 2.75) is 71.1 Å². The lowest BCUT2D eigenvalue weighted by Crippen LogP contribution is -2.45. The van der Waals surface area contributed by atoms with Crippen molar-refractivity contribution in [2.24, 2.45) is 22.4 Å². The highest BCUT2D eigenvalue weighted by atomic mass is 79.9. The molecule has 17 N–H and O–H groups in total. The summed E-state index contributed by atoms with van der Waals surface area (Å²) in [5.41, 5.74) is 36.9. The van der Waals surface area contributed by atoms with E-state index in [2.05, 4.69) is 77.2 Å². The number of ether oxygens (including phenoxy) is 6. The largest absolute Gasteiger partial charge is 0.457 e. The van der Waals surface area contributed by atoms with E-state index in [1.54, 1.807) is 70.6 Å². The van der Waals surface area contributed by atoms with Crippen molar-refractivity contribution < 1.29 is 55.4 Å². The molecule has 33 nitrogen and oxygen atoms in total. The summed E-state index contributed by atoms with van der Waals surface area (Å²) in [6, 6.07) is 89.5. The highest BCUT2D eigenvalue weighted by Crippen LogP contribution is 2.42. The van der Waals surface area contributed by atoms with E-state index in [1.807, 2.05) is 261 Å². The summed E-state index contributed by atoms with van der Waals surface area (Å²) < 4.78 is 61.0. The first kappa shape index (κ1) is 108. The number of nitrogens with zero attached hydrogens (tertiary/aromatic N) is 11. The Labute approximate surface area is 821 Å². The number of Topliss-reactive ketones (excluding diaryl/α,β-unsaturated/α-hetero) is 1. The maximum Gasteiger partial charge on any atom is 0.410 e. The Hall–Kier alpha value is -17.4. The highest BCUT2D eigenvalue weighted by Gasteiger charge is 2.36. The average molecular weight is 1970 g/mol. The Bertz CT molecular complexity index is 6680. The van der Waals surface area contributed by atoms with Gasteiger partial charge >= 0.3 is 6.09 Å². The molecule has 2 fully saturated rings. The number of benzene rings is 10. The molecule has 0 saturated carbocycles. The quantitative estimate of drug-likeness (QED) is 0.00414. The van der Waals surface area contributed by atoms with E-state index >= 15 is 0 Å². The molecule has 3 atom stereocenters. The maximum atomic E-state index is 11.8. The molecule has 4 aromatic heterocycles. The number of carbonyl (C=O) groups excluding carboxylic acids is 3. The minimum absolute atomic E-state index is 0. The van der Waals surface area contributed by atoms with E-state index in [0.717, 1.165) is 152 Å². The van der Waals surface area contributed by atoms with Gasteiger partial charge in [0.1, 0.15) is 105 Å². The molecule has 2 amide bonds. The number of carbonyl (C=O) groups is 3. The van der Waals surface area contributed by atoms with Crippen molar-refractivity contribution in [3.05, 3.63) is 366 Å². The van der Waals surface area contributed by atoms with Crippen LogP contribution >= 0.6 is 15.9 Å². The van der Waals surface area contributed by atoms with Gasteiger partial charge in [0.15, 0.2) is 5.78 Å². The Morgan fingerprint density at radius 3 is 1.41 bits per heavy atom. The number of H-pyrrole nitrogens is 2. The van der Waals surface area contributed by atoms with Crippen LogP contribution in [0.5, 0.6) is 57.5 Å². The third-order valence-electron chi connectivity index (χ3n) is 19.9. The number of aliphatic imine (C=N–C) groups is 1. The highest BCUT2D eigenvalue weighted by molar-refractivity contribution is 9.09. The van der Waals surface area contributed by atoms with Crippen LogP contribution in [0, 0.1) is 53.7 Å². The summed E-state index contributed by atoms with van der Waals surface area (Å²) in [5.74, 6) is 9.56. The molecule has 140 heavy (non-hydrogen) atoms. The van der Waals surface area contributed by atoms with Gasteiger partial charge < -0.3 is 88.3 Å². The number of nitrogen functional groups attached to an aromatic ring is 3. The van der Waals surface area contributed by atoms with Crippen molar-refractivity contribution in [3.63, 3.8) is 0 Å². The first-order valence-corrected chi connectivity index (χ1v) is 46.1. The summed E-state index contributed by atoms with van der Waals surface area (Å²) in [6.07, 6.45) is 11.4. The number of fused-ring (bicyclic) bond motifs is 2. The van der Waals surface area contributed by atoms with Gasteiger partial charge in [-0.05, 0) is 240 Å². The second kappa shape index (κ2) is 56.1. The zero-order chi connectivity index (χ0) is 99.9. The molecule has 10 aromatic carbocycles. The first-order valence-electron chi connectivity index (χ1n) is 43.2. The van der Waals surface area contributed by atoms with Gasteiger partial charge in [-0.3, -0.25) is 24.2 Å². The average Bonchev–Trinajstić information content (AvgIpc) is 1.61. The van der Waals surface area contributed by atoms with E-state index in [9.17, 15) is 18.0 Å². The molecule has 17 rings (SSSR count). The SMILES string of the molecule is CC(=O)c1ccc(Oc2ccccc2)cc1.CC(C)(C)OC(=O)N1CCCC(OS(C)(=O)=O)C1.N.N=CN.NC=O.Nc1ncnc2[nH]cc(-c3ccc(Oc4ccccc4)cc3)c12.Nc1ncnc2c1C(c1ccc(Oc3ccccc3)cc1)=NC2C1CCCNC1.[C-]#[N+]/C(C#N)=C(/CBr)c1ccc(Oc2ccccc2)cc1.[C-]#[N+]CC#N.[C-]#[N+]c1c(-c2ccc(Oc3ccccc3)cc2)c[nH]c1N. The Morgan fingerprint density at radius 2 is 1.01 bits per heavy atom. The van der Waals surface area contributed by atoms with Crippen LogP contribution in [-0.2, 0) is 23.8 Å². The zero-order valence-corrected chi connectivity index (χ0v) is 79.8. The minimum Gasteiger partial charge on any atom is -0.457 e. The first-order chi connectivity index (χ1) is 67.2. The normalized spacial score (nSPS) is 13.5. The summed E-state index contributed by atoms with van der Waals surface area (Å²) in [4.78, 5) is 70.5. The molecule has 0 radical (unpaired) electrons. The molecule has 3 aliphatic heterocycles. The monoisotopic (exact) mass is 1960 g/mol. The lowest BCUT2D eigenvalue weighted by Gasteiger charge is -2.33. The Balaban J connectivity index is 0.000000203. The number of ketones is 1. The number of hydrogen-bond donors (Lipinski definition) is 10. The van der Waals surface area contributed by atoms with Gasteiger partial charge in [-0.1, -0.05) is 143 Å². The standard InChI is InChI=1S/C23H23N5O.C18H14N4O.C17H11BrN2O.C17H13N3O.C14H12O2.C11H21NO5S.C3H2N2.CH4N2.CH3NO.H3N/c24-23-19-20(15-8-10-18(11-9-15)29-17-6-2-1-3-7-17)28-21(22(19)26-14-27-23)16-5-4-12-25-13-16;19-17-16-15(10-20-18(16)22-11-21-17)12-6-8-14(9-7-12)23-13-4-2-1-3-5-13;1-20-17(12-19)16(11-18)13-7-9-15(10-8-13)21-14-5-3-2-4-6-14;1-19-16-15(11-20-17(16)18)12-7-9-14(10-8-12)21-13-5-3-2-4-6-13;1-11(15)12-7-9-14(10-8-12)16-13-5-3-2-4-6-13;1-11(2,3)16-10(13)12-7-5-6-9(8-12)17-18(4,14)15;1-5-3-2-4;2*2-1-3;/h1-3,6-11,14,16,21,25H,4-5,12-13H2,(H2,24,26,27);1-11H,(H3,19,20,21,22);2-10H,11H2;2-11,20H,18H2;2-10H,1H3;9H,5-8H2,1-4H3;3H2;1H,(H3,2,3);1H,(H2,2,3);1H3/b;;17-16-;;;;;;;. The number of piperidine rings is 2. The Kier molecular flexibility index (Phi) is 43.3. The van der Waals surface area contributed by atoms with E-state index in [1.165, 1.54) is 11.2 Å². The molecule has 7 heterocycles. The Morgan fingerprint density at radius 1 is 0.593 bits per heavy atom. The number of halogens is 1. The van der Waals surface area contributed by atoms with Crippen LogP contribution in [0.15, 0.2) is 309 Å². The number of aromatic nitrogens is 6. The second-order valence-electron chi connectivity index (χ2n) is 31.0. The van der Waals surface area contributed by atoms with Crippen LogP contribution in [0.4, 0.5) is 27.9 Å². The molecule has 14 aromatic rings. The topological polar surface area (TPSA) is 510 Å². The molecule has 35 heteroatoms. The second-order valence-corrected chi connectivity index (χ2v) is 33.2. The number of nitriles is 2. The van der Waals surface area contributed by atoms with Crippen molar-refractivity contribution >= 4 is 96.1 Å². The van der Waals surface area contributed by atoms with Gasteiger partial charge in [-0.2, -0.15) is 13.7 Å². The van der Waals surface area contributed by atoms with E-state index < -0.39 is 27.9 Å². The predicted molar refractivity (Wildman–Crippen MR) is 548 cm³/mol. The smallest absolute Gasteiger partial charge is 0.410 e. The minimum atomic E-state index is -3.49. The zero-order valence-electron chi connectivity index (χ0n) is 77.4. The lowest BCUT2D eigenvalue weighted by atomic mass is 9.89. The van der Waals surface area contributed by atoms with Crippen LogP contribution < -0.4 is 63.8 Å². The van der Waals surface area contributed by atoms with Crippen LogP contribution in [-0.4, -0.2) is 130 Å². The number of amides is 2. The molecule has 3 unspecified atom stereocenters. The van der Waals surface area contributed by atoms with Gasteiger partial charge in [-0.25, -0.2) is 46.3 Å². The van der Waals surface area contributed by atoms with Crippen LogP contribution in [0.3, 0.4) is 0 Å². The number of aromatic amines is 2. The predicted octanol–water partition coefficient (Wildman–Crippen LogP) is 21.7. The number of nitrogens with two attached hydrogens (primary N) is 5. The van der Waals surface area contributed by atoms with Crippen LogP contribution in [0.25, 0.3) is 53.4 Å². The number of nitrogens with one attached hydrogen (secondary N) is 4. The van der Waals surface area contributed by atoms with Gasteiger partial charge in [0.05, 0.1) is 72.9 Å². The molecule has 716 valence electrons. The van der Waals surface area contributed by atoms with Crippen molar-refractivity contribution in [2.75, 3.05) is 61.5 Å². The van der Waals surface area contributed by atoms with Gasteiger partial charge in [0, 0.05) is 46.9 Å². The fourth-order valence-electron chi connectivity index (χ4n) is 13.7. The van der Waals surface area contributed by atoms with Gasteiger partial charge in [0.25, 0.3) is 22.4 Å². The molecular weight excluding hydrogens is 1860 g/mol. The number of alkyl halides is 1. The number of likely N-dealkylation sites (tertiary alicyclic amines) is 1. The molecule has 3 aliphatic rings. The van der Waals surface area contributed by atoms with Crippen molar-refractivity contribution in [3.8, 4) is 91.9 Å². The lowest BCUT2D eigenvalue weighted by molar-refractivity contribution is -0.106. The van der Waals surface area contributed by atoms with Crippen LogP contribution in [0.2, 0.25) is 0 Å². The summed E-state index contributed by atoms with van der Waals surface area (Å²) >= 11 is 3.32. The number of para-hydroxylation sites is 5. The number of hydrogen-bond acceptors (Lipinski definition) is 25. The molecular formula is C105H106BrN21O12S. The van der Waals surface area contributed by atoms with E-state index in [0.29, 0.717) is 70.7 Å². The van der Waals surface area contributed by atoms with Crippen molar-refractivity contribution in [1.82, 2.24) is 46.3 Å². The van der Waals surface area contributed by atoms with E-state index in [-0.39, 0.29) is 43.2 Å². The number of primary amides is 1. The van der Waals surface area contributed by atoms with E-state index in [4.69, 9.17) is 95.2 Å². The number of anilines is 3. The number of allylic oxidation sites excluding steroid dienone is 2. The molecule has 0 aliphatic carbocycles. The fraction of sp³-hybridized carbons (Fsp3) is 0.181. The van der Waals surface area contributed by atoms with Gasteiger partial charge in [-0.15, -0.1) is 0 Å². The van der Waals surface area contributed by atoms with Crippen molar-refractivity contribution in [1.29, 1.82) is 15.9 Å². The molecule has 2 saturated heterocycles.